The van der Waals surface area contributed by atoms with Crippen LogP contribution < -0.4 is 5.32 Å². The van der Waals surface area contributed by atoms with Gasteiger partial charge in [-0.1, -0.05) is 31.9 Å². The molecular formula is C21H33N. The van der Waals surface area contributed by atoms with E-state index >= 15 is 0 Å². The molecule has 2 fully saturated rings. The van der Waals surface area contributed by atoms with Crippen molar-refractivity contribution in [2.75, 3.05) is 12.4 Å². The van der Waals surface area contributed by atoms with Gasteiger partial charge in [0, 0.05) is 12.7 Å². The van der Waals surface area contributed by atoms with Crippen LogP contribution in [0.2, 0.25) is 0 Å². The molecule has 1 heteroatoms. The smallest absolute Gasteiger partial charge is 0.0370 e. The Morgan fingerprint density at radius 3 is 2.05 bits per heavy atom. The quantitative estimate of drug-likeness (QED) is 0.707. The van der Waals surface area contributed by atoms with Crippen LogP contribution in [0.25, 0.3) is 0 Å². The molecule has 3 rings (SSSR count). The number of aryl methyl sites for hydroxylation is 1. The summed E-state index contributed by atoms with van der Waals surface area (Å²) in [5, 5.41) is 3.34. The van der Waals surface area contributed by atoms with Crippen LogP contribution in [0.15, 0.2) is 18.2 Å². The fourth-order valence-electron chi connectivity index (χ4n) is 4.84. The van der Waals surface area contributed by atoms with Gasteiger partial charge in [-0.15, -0.1) is 0 Å². The summed E-state index contributed by atoms with van der Waals surface area (Å²) < 4.78 is 0. The first-order valence-corrected chi connectivity index (χ1v) is 9.45. The Morgan fingerprint density at radius 2 is 1.45 bits per heavy atom. The molecule has 122 valence electrons. The highest BCUT2D eigenvalue weighted by Crippen LogP contribution is 2.44. The number of nitrogens with one attached hydrogen (secondary N) is 1. The van der Waals surface area contributed by atoms with Gasteiger partial charge in [-0.2, -0.15) is 0 Å². The third-order valence-corrected chi connectivity index (χ3v) is 6.50. The minimum Gasteiger partial charge on any atom is -0.388 e. The van der Waals surface area contributed by atoms with Crippen LogP contribution in [0.5, 0.6) is 0 Å². The lowest BCUT2D eigenvalue weighted by atomic mass is 9.68. The summed E-state index contributed by atoms with van der Waals surface area (Å²) in [5.41, 5.74) is 4.22. The van der Waals surface area contributed by atoms with Crippen LogP contribution in [0, 0.1) is 24.7 Å². The molecule has 1 nitrogen and oxygen atoms in total. The molecule has 0 spiro atoms. The van der Waals surface area contributed by atoms with Crippen molar-refractivity contribution in [1.82, 2.24) is 0 Å². The van der Waals surface area contributed by atoms with Crippen LogP contribution in [0.3, 0.4) is 0 Å². The standard InChI is InChI=1S/C21H33N/c1-15-4-7-17(8-5-15)18-10-12-19(13-11-18)20-9-6-16(2)21(14-20)22-3/h6,9,14-15,17-19,22H,4-5,7-8,10-13H2,1-3H3. The van der Waals surface area contributed by atoms with Crippen molar-refractivity contribution in [2.45, 2.75) is 71.1 Å². The summed E-state index contributed by atoms with van der Waals surface area (Å²) in [6.07, 6.45) is 11.7. The van der Waals surface area contributed by atoms with Gasteiger partial charge in [-0.05, 0) is 86.3 Å². The molecular weight excluding hydrogens is 266 g/mol. The summed E-state index contributed by atoms with van der Waals surface area (Å²) >= 11 is 0. The number of rotatable bonds is 3. The van der Waals surface area contributed by atoms with Crippen LogP contribution >= 0.6 is 0 Å². The maximum Gasteiger partial charge on any atom is 0.0370 e. The molecule has 1 N–H and O–H groups in total. The minimum atomic E-state index is 0.798. The van der Waals surface area contributed by atoms with E-state index in [1.165, 1.54) is 62.6 Å². The molecule has 22 heavy (non-hydrogen) atoms. The average Bonchev–Trinajstić information content (AvgIpc) is 2.56. The summed E-state index contributed by atoms with van der Waals surface area (Å²) in [7, 11) is 2.03. The van der Waals surface area contributed by atoms with Gasteiger partial charge < -0.3 is 5.32 Å². The van der Waals surface area contributed by atoms with Gasteiger partial charge in [-0.3, -0.25) is 0 Å². The van der Waals surface area contributed by atoms with Gasteiger partial charge in [0.15, 0.2) is 0 Å². The highest BCUT2D eigenvalue weighted by atomic mass is 14.8. The summed E-state index contributed by atoms with van der Waals surface area (Å²) in [5.74, 6) is 3.85. The Hall–Kier alpha value is -0.980. The monoisotopic (exact) mass is 299 g/mol. The van der Waals surface area contributed by atoms with E-state index in [0.717, 1.165) is 23.7 Å². The molecule has 0 radical (unpaired) electrons. The zero-order valence-corrected chi connectivity index (χ0v) is 14.7. The van der Waals surface area contributed by atoms with Gasteiger partial charge in [0.25, 0.3) is 0 Å². The second-order valence-corrected chi connectivity index (χ2v) is 7.96. The molecule has 2 aliphatic carbocycles. The first kappa shape index (κ1) is 15.9. The maximum absolute atomic E-state index is 3.34. The summed E-state index contributed by atoms with van der Waals surface area (Å²) in [6.45, 7) is 4.63. The molecule has 0 unspecified atom stereocenters. The van der Waals surface area contributed by atoms with Crippen molar-refractivity contribution < 1.29 is 0 Å². The van der Waals surface area contributed by atoms with Gasteiger partial charge in [-0.25, -0.2) is 0 Å². The molecule has 2 aliphatic rings. The first-order chi connectivity index (χ1) is 10.7. The average molecular weight is 300 g/mol. The van der Waals surface area contributed by atoms with Crippen molar-refractivity contribution in [3.05, 3.63) is 29.3 Å². The van der Waals surface area contributed by atoms with Crippen molar-refractivity contribution in [1.29, 1.82) is 0 Å². The highest BCUT2D eigenvalue weighted by Gasteiger charge is 2.30. The zero-order valence-electron chi connectivity index (χ0n) is 14.7. The van der Waals surface area contributed by atoms with E-state index in [4.69, 9.17) is 0 Å². The molecule has 0 heterocycles. The Balaban J connectivity index is 1.57. The second-order valence-electron chi connectivity index (χ2n) is 7.96. The van der Waals surface area contributed by atoms with Crippen LogP contribution in [-0.4, -0.2) is 7.05 Å². The van der Waals surface area contributed by atoms with Gasteiger partial charge in [0.2, 0.25) is 0 Å². The molecule has 0 atom stereocenters. The Labute approximate surface area is 136 Å². The van der Waals surface area contributed by atoms with Crippen molar-refractivity contribution in [3.8, 4) is 0 Å². The van der Waals surface area contributed by atoms with Crippen LogP contribution in [0.4, 0.5) is 5.69 Å². The summed E-state index contributed by atoms with van der Waals surface area (Å²) in [4.78, 5) is 0. The van der Waals surface area contributed by atoms with E-state index in [2.05, 4.69) is 37.4 Å². The lowest BCUT2D eigenvalue weighted by Gasteiger charge is -2.37. The topological polar surface area (TPSA) is 12.0 Å². The van der Waals surface area contributed by atoms with Gasteiger partial charge in [0.1, 0.15) is 0 Å². The molecule has 0 bridgehead atoms. The van der Waals surface area contributed by atoms with E-state index in [1.54, 1.807) is 5.56 Å². The van der Waals surface area contributed by atoms with E-state index < -0.39 is 0 Å². The van der Waals surface area contributed by atoms with Crippen molar-refractivity contribution >= 4 is 5.69 Å². The number of anilines is 1. The maximum atomic E-state index is 3.34. The fourth-order valence-corrected chi connectivity index (χ4v) is 4.84. The highest BCUT2D eigenvalue weighted by molar-refractivity contribution is 5.52. The Bertz CT molecular complexity index is 477. The third kappa shape index (κ3) is 3.50. The third-order valence-electron chi connectivity index (χ3n) is 6.50. The predicted octanol–water partition coefficient (Wildman–Crippen LogP) is 6.14. The summed E-state index contributed by atoms with van der Waals surface area (Å²) in [6, 6.07) is 7.04. The molecule has 1 aromatic carbocycles. The van der Waals surface area contributed by atoms with Crippen molar-refractivity contribution in [3.63, 3.8) is 0 Å². The number of hydrogen-bond donors (Lipinski definition) is 1. The van der Waals surface area contributed by atoms with Crippen LogP contribution in [-0.2, 0) is 0 Å². The number of benzene rings is 1. The van der Waals surface area contributed by atoms with E-state index in [1.807, 2.05) is 7.05 Å². The van der Waals surface area contributed by atoms with Gasteiger partial charge >= 0.3 is 0 Å². The Morgan fingerprint density at radius 1 is 0.864 bits per heavy atom. The molecule has 0 amide bonds. The molecule has 0 aliphatic heterocycles. The first-order valence-electron chi connectivity index (χ1n) is 9.45. The SMILES string of the molecule is CNc1cc(C2CCC(C3CCC(C)CC3)CC2)ccc1C. The molecule has 0 aromatic heterocycles. The largest absolute Gasteiger partial charge is 0.388 e. The minimum absolute atomic E-state index is 0.798. The second kappa shape index (κ2) is 7.06. The van der Waals surface area contributed by atoms with Crippen molar-refractivity contribution in [2.24, 2.45) is 17.8 Å². The molecule has 0 saturated heterocycles. The Kier molecular flexibility index (Phi) is 5.10. The normalized spacial score (nSPS) is 32.7. The van der Waals surface area contributed by atoms with E-state index in [9.17, 15) is 0 Å². The van der Waals surface area contributed by atoms with E-state index in [0.29, 0.717) is 0 Å². The van der Waals surface area contributed by atoms with Crippen LogP contribution in [0.1, 0.15) is 75.3 Å². The predicted molar refractivity (Wildman–Crippen MR) is 96.5 cm³/mol. The van der Waals surface area contributed by atoms with E-state index in [-0.39, 0.29) is 0 Å². The lowest BCUT2D eigenvalue weighted by Crippen LogP contribution is -2.24. The van der Waals surface area contributed by atoms with Gasteiger partial charge in [0.05, 0.1) is 0 Å². The molecule has 1 aromatic rings. The lowest BCUT2D eigenvalue weighted by molar-refractivity contribution is 0.165. The number of hydrogen-bond acceptors (Lipinski definition) is 1. The zero-order chi connectivity index (χ0) is 15.5. The fraction of sp³-hybridized carbons (Fsp3) is 0.714. The molecule has 2 saturated carbocycles.